The summed E-state index contributed by atoms with van der Waals surface area (Å²) in [5, 5.41) is 1.66. The molecule has 0 aromatic rings. The van der Waals surface area contributed by atoms with Crippen molar-refractivity contribution in [2.75, 3.05) is 0 Å². The minimum Gasteiger partial charge on any atom is -0.0996 e. The van der Waals surface area contributed by atoms with Gasteiger partial charge in [0.05, 0.1) is 0 Å². The van der Waals surface area contributed by atoms with E-state index in [0.29, 0.717) is 5.92 Å². The molecule has 2 rings (SSSR count). The van der Waals surface area contributed by atoms with Crippen molar-refractivity contribution in [1.82, 2.24) is 0 Å². The van der Waals surface area contributed by atoms with Gasteiger partial charge >= 0.3 is 0 Å². The van der Waals surface area contributed by atoms with Crippen molar-refractivity contribution in [3.05, 3.63) is 57.7 Å². The number of hydrogen-bond donors (Lipinski definition) is 0. The molecule has 0 amide bonds. The lowest BCUT2D eigenvalue weighted by atomic mass is 9.84. The van der Waals surface area contributed by atoms with Crippen LogP contribution in [0.5, 0.6) is 0 Å². The Balaban J connectivity index is 2.01. The molecule has 0 fully saturated rings. The van der Waals surface area contributed by atoms with Gasteiger partial charge in [0, 0.05) is 16.5 Å². The highest BCUT2D eigenvalue weighted by atomic mass is 35.5. The second-order valence-corrected chi connectivity index (χ2v) is 8.29. The summed E-state index contributed by atoms with van der Waals surface area (Å²) < 4.78 is 0. The molecular weight excluding hydrogens is 335 g/mol. The summed E-state index contributed by atoms with van der Waals surface area (Å²) in [7, 11) is 0. The van der Waals surface area contributed by atoms with E-state index in [-0.39, 0.29) is 0 Å². The van der Waals surface area contributed by atoms with Crippen molar-refractivity contribution in [3.63, 3.8) is 0 Å². The fraction of sp³-hybridized carbons (Fsp3) is 0.545. The summed E-state index contributed by atoms with van der Waals surface area (Å²) in [4.78, 5) is 0. The molecule has 0 nitrogen and oxygen atoms in total. The Morgan fingerprint density at radius 2 is 2.04 bits per heavy atom. The van der Waals surface area contributed by atoms with E-state index in [9.17, 15) is 0 Å². The largest absolute Gasteiger partial charge is 0.0996 e. The molecule has 0 bridgehead atoms. The van der Waals surface area contributed by atoms with E-state index < -0.39 is 0 Å². The smallest absolute Gasteiger partial charge is 0.0413 e. The van der Waals surface area contributed by atoms with Crippen LogP contribution in [-0.2, 0) is 0 Å². The SMILES string of the molecule is C=C1CC=C(Cl)C(CCC(=C)C2CC=C(C)CC(CC)C2)=C(Cl)C1. The van der Waals surface area contributed by atoms with E-state index in [2.05, 4.69) is 33.1 Å². The summed E-state index contributed by atoms with van der Waals surface area (Å²) in [5.74, 6) is 1.38. The van der Waals surface area contributed by atoms with Crippen LogP contribution < -0.4 is 0 Å². The second-order valence-electron chi connectivity index (χ2n) is 7.42. The molecule has 0 spiro atoms. The molecule has 0 radical (unpaired) electrons. The number of hydrogen-bond acceptors (Lipinski definition) is 0. The van der Waals surface area contributed by atoms with Crippen LogP contribution in [0.1, 0.15) is 65.2 Å². The van der Waals surface area contributed by atoms with E-state index in [1.54, 1.807) is 0 Å². The molecule has 0 saturated carbocycles. The summed E-state index contributed by atoms with van der Waals surface area (Å²) in [6.45, 7) is 13.0. The molecule has 2 aliphatic rings. The summed E-state index contributed by atoms with van der Waals surface area (Å²) >= 11 is 12.9. The molecule has 0 saturated heterocycles. The van der Waals surface area contributed by atoms with Gasteiger partial charge in [-0.05, 0) is 62.9 Å². The third-order valence-corrected chi connectivity index (χ3v) is 6.17. The van der Waals surface area contributed by atoms with Gasteiger partial charge < -0.3 is 0 Å². The van der Waals surface area contributed by atoms with E-state index >= 15 is 0 Å². The van der Waals surface area contributed by atoms with Crippen LogP contribution in [0.2, 0.25) is 0 Å². The quantitative estimate of drug-likeness (QED) is 0.432. The van der Waals surface area contributed by atoms with Gasteiger partial charge in [-0.15, -0.1) is 0 Å². The molecular formula is C22H30Cl2. The Hall–Kier alpha value is -0.720. The second kappa shape index (κ2) is 9.11. The lowest BCUT2D eigenvalue weighted by Gasteiger charge is -2.22. The highest BCUT2D eigenvalue weighted by Gasteiger charge is 2.21. The highest BCUT2D eigenvalue weighted by molar-refractivity contribution is 6.35. The zero-order valence-corrected chi connectivity index (χ0v) is 16.6. The summed E-state index contributed by atoms with van der Waals surface area (Å²) in [6, 6.07) is 0. The first-order chi connectivity index (χ1) is 11.4. The Kier molecular flexibility index (Phi) is 7.44. The predicted molar refractivity (Wildman–Crippen MR) is 108 cm³/mol. The fourth-order valence-corrected chi connectivity index (χ4v) is 4.46. The van der Waals surface area contributed by atoms with Gasteiger partial charge in [0.1, 0.15) is 0 Å². The lowest BCUT2D eigenvalue weighted by Crippen LogP contribution is -2.09. The van der Waals surface area contributed by atoms with Gasteiger partial charge in [0.15, 0.2) is 0 Å². The van der Waals surface area contributed by atoms with Gasteiger partial charge in [0.25, 0.3) is 0 Å². The number of rotatable bonds is 5. The summed E-state index contributed by atoms with van der Waals surface area (Å²) in [6.07, 6.45) is 12.8. The molecule has 24 heavy (non-hydrogen) atoms. The van der Waals surface area contributed by atoms with Gasteiger partial charge in [-0.3, -0.25) is 0 Å². The van der Waals surface area contributed by atoms with Gasteiger partial charge in [-0.1, -0.05) is 78.6 Å². The van der Waals surface area contributed by atoms with Gasteiger partial charge in [0.2, 0.25) is 0 Å². The first-order valence-corrected chi connectivity index (χ1v) is 9.89. The molecule has 0 N–H and O–H groups in total. The molecule has 0 aliphatic heterocycles. The van der Waals surface area contributed by atoms with Crippen molar-refractivity contribution < 1.29 is 0 Å². The van der Waals surface area contributed by atoms with Crippen molar-refractivity contribution in [2.24, 2.45) is 11.8 Å². The Labute approximate surface area is 158 Å². The Morgan fingerprint density at radius 1 is 1.29 bits per heavy atom. The molecule has 132 valence electrons. The monoisotopic (exact) mass is 364 g/mol. The zero-order valence-electron chi connectivity index (χ0n) is 15.1. The standard InChI is InChI=1S/C22H30Cl2/c1-5-18-12-15(2)6-9-19(14-18)17(4)8-10-20-21(23)11-7-16(3)13-22(20)24/h6,11,18-19H,3-5,7-10,12-14H2,1-2H3. The van der Waals surface area contributed by atoms with Crippen LogP contribution >= 0.6 is 23.2 Å². The first-order valence-electron chi connectivity index (χ1n) is 9.14. The molecule has 0 aromatic heterocycles. The lowest BCUT2D eigenvalue weighted by molar-refractivity contribution is 0.400. The fourth-order valence-electron chi connectivity index (χ4n) is 3.74. The maximum atomic E-state index is 6.49. The van der Waals surface area contributed by atoms with Crippen LogP contribution in [0.25, 0.3) is 0 Å². The molecule has 2 atom stereocenters. The van der Waals surface area contributed by atoms with E-state index in [4.69, 9.17) is 23.2 Å². The molecule has 0 heterocycles. The van der Waals surface area contributed by atoms with Crippen molar-refractivity contribution in [2.45, 2.75) is 65.2 Å². The summed E-state index contributed by atoms with van der Waals surface area (Å²) in [5.41, 5.74) is 5.10. The van der Waals surface area contributed by atoms with E-state index in [1.807, 2.05) is 6.08 Å². The third-order valence-electron chi connectivity index (χ3n) is 5.42. The minimum absolute atomic E-state index is 0.593. The van der Waals surface area contributed by atoms with Crippen molar-refractivity contribution in [1.29, 1.82) is 0 Å². The van der Waals surface area contributed by atoms with Crippen LogP contribution in [-0.4, -0.2) is 0 Å². The first kappa shape index (κ1) is 19.6. The number of allylic oxidation sites excluding steroid dienone is 8. The Morgan fingerprint density at radius 3 is 2.75 bits per heavy atom. The molecule has 0 aromatic carbocycles. The average molecular weight is 365 g/mol. The molecule has 2 heteroatoms. The van der Waals surface area contributed by atoms with Crippen LogP contribution in [0, 0.1) is 11.8 Å². The zero-order chi connectivity index (χ0) is 17.7. The highest BCUT2D eigenvalue weighted by Crippen LogP contribution is 2.38. The third kappa shape index (κ3) is 5.39. The van der Waals surface area contributed by atoms with Gasteiger partial charge in [-0.25, -0.2) is 0 Å². The van der Waals surface area contributed by atoms with Crippen LogP contribution in [0.3, 0.4) is 0 Å². The average Bonchev–Trinajstić information content (AvgIpc) is 2.80. The molecule has 2 aliphatic carbocycles. The maximum absolute atomic E-state index is 6.49. The van der Waals surface area contributed by atoms with Crippen molar-refractivity contribution in [3.8, 4) is 0 Å². The van der Waals surface area contributed by atoms with E-state index in [0.717, 1.165) is 59.2 Å². The van der Waals surface area contributed by atoms with E-state index in [1.165, 1.54) is 30.4 Å². The topological polar surface area (TPSA) is 0 Å². The van der Waals surface area contributed by atoms with Crippen LogP contribution in [0.15, 0.2) is 57.7 Å². The normalized spacial score (nSPS) is 25.8. The van der Waals surface area contributed by atoms with Gasteiger partial charge in [-0.2, -0.15) is 0 Å². The maximum Gasteiger partial charge on any atom is 0.0413 e. The number of halogens is 2. The predicted octanol–water partition coefficient (Wildman–Crippen LogP) is 8.06. The van der Waals surface area contributed by atoms with Crippen LogP contribution in [0.4, 0.5) is 0 Å². The Bertz CT molecular complexity index is 589. The minimum atomic E-state index is 0.593. The van der Waals surface area contributed by atoms with Crippen molar-refractivity contribution >= 4 is 23.2 Å². The molecule has 2 unspecified atom stereocenters.